The van der Waals surface area contributed by atoms with E-state index < -0.39 is 12.3 Å². The molecule has 0 radical (unpaired) electrons. The lowest BCUT2D eigenvalue weighted by atomic mass is 9.36. The molecule has 0 N–H and O–H groups in total. The number of thiophene rings is 1. The van der Waals surface area contributed by atoms with Crippen molar-refractivity contribution in [1.29, 1.82) is 0 Å². The molecule has 14 rings (SSSR count). The summed E-state index contributed by atoms with van der Waals surface area (Å²) in [5, 5.41) is 1.26. The van der Waals surface area contributed by atoms with Gasteiger partial charge in [0.15, 0.2) is 0 Å². The lowest BCUT2D eigenvalue weighted by molar-refractivity contribution is 0.571. The minimum absolute atomic E-state index is 0.0753. The van der Waals surface area contributed by atoms with Gasteiger partial charge >= 0.3 is 0 Å². The number of para-hydroxylation sites is 2. The van der Waals surface area contributed by atoms with E-state index in [1.54, 1.807) is 0 Å². The number of benzene rings is 9. The van der Waals surface area contributed by atoms with Crippen LogP contribution in [0.4, 0.5) is 34.1 Å². The van der Waals surface area contributed by atoms with E-state index in [2.05, 4.69) is 233 Å². The van der Waals surface area contributed by atoms with Crippen molar-refractivity contribution in [2.75, 3.05) is 9.80 Å². The summed E-state index contributed by atoms with van der Waals surface area (Å²) in [5.74, 6) is 0. The molecule has 2 aliphatic heterocycles. The molecule has 0 amide bonds. The van der Waals surface area contributed by atoms with Crippen molar-refractivity contribution in [3.05, 3.63) is 233 Å². The number of anilines is 6. The summed E-state index contributed by atoms with van der Waals surface area (Å²) >= 11 is 1.95. The van der Waals surface area contributed by atoms with E-state index in [9.17, 15) is 0 Å². The lowest BCUT2D eigenvalue weighted by Gasteiger charge is -2.43. The highest BCUT2D eigenvalue weighted by atomic mass is 32.1. The van der Waals surface area contributed by atoms with Crippen LogP contribution in [-0.2, 0) is 16.2 Å². The van der Waals surface area contributed by atoms with Gasteiger partial charge in [0.1, 0.15) is 0 Å². The van der Waals surface area contributed by atoms with E-state index in [0.717, 1.165) is 45.0 Å². The zero-order valence-corrected chi connectivity index (χ0v) is 41.2. The summed E-state index contributed by atoms with van der Waals surface area (Å²) in [4.78, 5) is 5.02. The summed E-state index contributed by atoms with van der Waals surface area (Å²) in [5.41, 5.74) is 23.6. The second-order valence-electron chi connectivity index (χ2n) is 21.8. The average Bonchev–Trinajstić information content (AvgIpc) is 4.01. The van der Waals surface area contributed by atoms with E-state index in [-0.39, 0.29) is 17.5 Å². The molecule has 1 aromatic heterocycles. The zero-order valence-electron chi connectivity index (χ0n) is 43.4. The number of nitrogens with zero attached hydrogens (tertiary/aromatic N) is 2. The van der Waals surface area contributed by atoms with E-state index in [1.807, 2.05) is 23.5 Å². The van der Waals surface area contributed by atoms with Crippen molar-refractivity contribution in [2.24, 2.45) is 0 Å². The molecule has 2 aliphatic carbocycles. The SMILES string of the molecule is [2H]C([2H])([2H])c1cc(C(C)(C)C)c(-c2ccc3c(c2)N(c2ccccc2)c2cccc4c2B3c2sc3cc5c(cc3c2N4c2ccccc2)-c2ccccc2C52c3ccccc3-c3ccccc32)c(C(C)(C)C)c1. The zero-order chi connectivity index (χ0) is 49.9. The smallest absolute Gasteiger partial charge is 0.264 e. The largest absolute Gasteiger partial charge is 0.311 e. The summed E-state index contributed by atoms with van der Waals surface area (Å²) in [6.45, 7) is 10.9. The Labute approximate surface area is 420 Å². The molecule has 0 saturated heterocycles. The minimum atomic E-state index is -2.24. The van der Waals surface area contributed by atoms with Crippen LogP contribution in [0.1, 0.15) is 84.6 Å². The Morgan fingerprint density at radius 1 is 0.486 bits per heavy atom. The van der Waals surface area contributed by atoms with Gasteiger partial charge in [-0.15, -0.1) is 11.3 Å². The summed E-state index contributed by atoms with van der Waals surface area (Å²) in [7, 11) is 0. The summed E-state index contributed by atoms with van der Waals surface area (Å²) in [6, 6.07) is 72.1. The van der Waals surface area contributed by atoms with Crippen LogP contribution < -0.4 is 25.5 Å². The highest BCUT2D eigenvalue weighted by molar-refractivity contribution is 7.33. The molecule has 1 spiro atoms. The van der Waals surface area contributed by atoms with Gasteiger partial charge < -0.3 is 9.80 Å². The number of hydrogen-bond donors (Lipinski definition) is 0. The second-order valence-corrected chi connectivity index (χ2v) is 22.9. The van der Waals surface area contributed by atoms with Gasteiger partial charge in [-0.05, 0) is 150 Å². The molecule has 10 aromatic rings. The number of hydrogen-bond acceptors (Lipinski definition) is 3. The average molecular weight is 920 g/mol. The standard InChI is InChI=1S/C66H53BN2S/c1-40-35-53(64(2,3)4)60(54(36-40)65(5,6)7)41-33-34-55-58(37-41)68(42-21-10-8-11-22-42)56-31-20-32-57-61(56)67(55)63-62(69(57)43-23-12-9-13-24-43)48-38-47-46-27-16-19-30-51(46)66(52(47)39-59(48)70-63)49-28-17-14-25-44(49)45-26-15-18-29-50(45)66/h8-39H,1-7H3/i1D3. The van der Waals surface area contributed by atoms with Gasteiger partial charge in [0.25, 0.3) is 6.71 Å². The Hall–Kier alpha value is -7.40. The van der Waals surface area contributed by atoms with Crippen LogP contribution in [-0.4, -0.2) is 6.71 Å². The molecule has 0 saturated carbocycles. The van der Waals surface area contributed by atoms with Gasteiger partial charge in [0, 0.05) is 47.4 Å². The Balaban J connectivity index is 1.07. The van der Waals surface area contributed by atoms with E-state index in [0.29, 0.717) is 5.56 Å². The first-order valence-corrected chi connectivity index (χ1v) is 25.5. The van der Waals surface area contributed by atoms with E-state index in [4.69, 9.17) is 4.11 Å². The normalized spacial score (nSPS) is 15.3. The maximum Gasteiger partial charge on any atom is 0.264 e. The van der Waals surface area contributed by atoms with Gasteiger partial charge in [-0.25, -0.2) is 0 Å². The Bertz CT molecular complexity index is 3870. The van der Waals surface area contributed by atoms with Crippen LogP contribution in [0, 0.1) is 6.85 Å². The van der Waals surface area contributed by atoms with Crippen LogP contribution in [0.25, 0.3) is 43.5 Å². The number of rotatable bonds is 3. The summed E-state index contributed by atoms with van der Waals surface area (Å²) in [6.07, 6.45) is 0. The highest BCUT2D eigenvalue weighted by Gasteiger charge is 2.52. The van der Waals surface area contributed by atoms with Crippen molar-refractivity contribution in [3.63, 3.8) is 0 Å². The molecule has 0 fully saturated rings. The van der Waals surface area contributed by atoms with Crippen molar-refractivity contribution in [1.82, 2.24) is 0 Å². The van der Waals surface area contributed by atoms with Crippen LogP contribution >= 0.6 is 11.3 Å². The predicted octanol–water partition coefficient (Wildman–Crippen LogP) is 15.9. The molecular formula is C66H53BN2S. The van der Waals surface area contributed by atoms with Gasteiger partial charge in [-0.1, -0.05) is 187 Å². The summed E-state index contributed by atoms with van der Waals surface area (Å²) < 4.78 is 28.4. The highest BCUT2D eigenvalue weighted by Crippen LogP contribution is 2.64. The van der Waals surface area contributed by atoms with Crippen LogP contribution in [0.2, 0.25) is 0 Å². The molecule has 4 heteroatoms. The fraction of sp³-hybridized carbons (Fsp3) is 0.152. The van der Waals surface area contributed by atoms with E-state index in [1.165, 1.54) is 81.7 Å². The molecule has 2 nitrogen and oxygen atoms in total. The van der Waals surface area contributed by atoms with Gasteiger partial charge in [0.05, 0.1) is 11.1 Å². The minimum Gasteiger partial charge on any atom is -0.311 e. The maximum absolute atomic E-state index is 8.60. The van der Waals surface area contributed by atoms with Crippen molar-refractivity contribution in [2.45, 2.75) is 64.6 Å². The third-order valence-electron chi connectivity index (χ3n) is 15.8. The first-order valence-electron chi connectivity index (χ1n) is 26.2. The predicted molar refractivity (Wildman–Crippen MR) is 300 cm³/mol. The van der Waals surface area contributed by atoms with Crippen molar-refractivity contribution in [3.8, 4) is 33.4 Å². The van der Waals surface area contributed by atoms with Crippen molar-refractivity contribution >= 4 is 78.0 Å². The lowest BCUT2D eigenvalue weighted by Crippen LogP contribution is -2.60. The third-order valence-corrected chi connectivity index (χ3v) is 17.0. The molecular weight excluding hydrogens is 864 g/mol. The number of aryl methyl sites for hydroxylation is 1. The first-order chi connectivity index (χ1) is 35.1. The molecule has 0 unspecified atom stereocenters. The fourth-order valence-corrected chi connectivity index (χ4v) is 14.3. The quantitative estimate of drug-likeness (QED) is 0.163. The molecule has 4 aliphatic rings. The molecule has 3 heterocycles. The number of fused-ring (bicyclic) bond motifs is 16. The molecule has 9 aromatic carbocycles. The Kier molecular flexibility index (Phi) is 8.01. The molecule has 336 valence electrons. The monoisotopic (exact) mass is 919 g/mol. The van der Waals surface area contributed by atoms with E-state index >= 15 is 0 Å². The second kappa shape index (κ2) is 14.6. The van der Waals surface area contributed by atoms with Crippen LogP contribution in [0.3, 0.4) is 0 Å². The molecule has 0 bridgehead atoms. The Morgan fingerprint density at radius 3 is 1.59 bits per heavy atom. The Morgan fingerprint density at radius 2 is 1.01 bits per heavy atom. The van der Waals surface area contributed by atoms with Gasteiger partial charge in [-0.2, -0.15) is 0 Å². The first kappa shape index (κ1) is 38.5. The van der Waals surface area contributed by atoms with Crippen LogP contribution in [0.5, 0.6) is 0 Å². The molecule has 0 atom stereocenters. The van der Waals surface area contributed by atoms with Crippen molar-refractivity contribution < 1.29 is 4.11 Å². The third kappa shape index (κ3) is 5.57. The molecule has 70 heavy (non-hydrogen) atoms. The van der Waals surface area contributed by atoms with Gasteiger partial charge in [-0.3, -0.25) is 0 Å². The fourth-order valence-electron chi connectivity index (χ4n) is 13.0. The van der Waals surface area contributed by atoms with Crippen LogP contribution in [0.15, 0.2) is 194 Å². The maximum atomic E-state index is 8.60. The van der Waals surface area contributed by atoms with Gasteiger partial charge in [0.2, 0.25) is 0 Å². The topological polar surface area (TPSA) is 6.48 Å².